The summed E-state index contributed by atoms with van der Waals surface area (Å²) in [5.41, 5.74) is 7.18. The lowest BCUT2D eigenvalue weighted by atomic mass is 10.4. The highest BCUT2D eigenvalue weighted by Gasteiger charge is 2.13. The van der Waals surface area contributed by atoms with Crippen molar-refractivity contribution in [3.8, 4) is 0 Å². The summed E-state index contributed by atoms with van der Waals surface area (Å²) < 4.78 is 12.3. The van der Waals surface area contributed by atoms with E-state index >= 15 is 0 Å². The summed E-state index contributed by atoms with van der Waals surface area (Å²) in [6.07, 6.45) is 2.09. The molecule has 0 saturated carbocycles. The number of oxime groups is 1. The van der Waals surface area contributed by atoms with Gasteiger partial charge in [-0.3, -0.25) is 4.57 Å². The molecule has 0 unspecified atom stereocenters. The van der Waals surface area contributed by atoms with E-state index in [1.165, 1.54) is 12.7 Å². The Kier molecular flexibility index (Phi) is 3.98. The average molecular weight is 300 g/mol. The molecule has 4 N–H and O–H groups in total. The second kappa shape index (κ2) is 5.53. The summed E-state index contributed by atoms with van der Waals surface area (Å²) in [5, 5.41) is 3.61. The molecule has 0 atom stereocenters. The highest BCUT2D eigenvalue weighted by atomic mass is 31.2. The van der Waals surface area contributed by atoms with Gasteiger partial charge >= 0.3 is 7.60 Å². The van der Waals surface area contributed by atoms with E-state index in [9.17, 15) is 4.57 Å². The molecule has 0 aromatic carbocycles. The number of hydrogen-bond acceptors (Lipinski definition) is 7. The minimum atomic E-state index is -4.22. The molecule has 0 aliphatic rings. The zero-order valence-electron chi connectivity index (χ0n) is 10.5. The number of nitrogens with two attached hydrogens (primary N) is 1. The minimum absolute atomic E-state index is 0.279. The van der Waals surface area contributed by atoms with Crippen LogP contribution in [0.2, 0.25) is 0 Å². The molecule has 0 saturated heterocycles. The van der Waals surface area contributed by atoms with E-state index in [4.69, 9.17) is 15.5 Å². The number of fused-ring (bicyclic) bond motifs is 1. The Morgan fingerprint density at radius 3 is 2.95 bits per heavy atom. The molecule has 108 valence electrons. The third-order valence-electron chi connectivity index (χ3n) is 2.28. The summed E-state index contributed by atoms with van der Waals surface area (Å²) in [4.78, 5) is 33.8. The summed E-state index contributed by atoms with van der Waals surface area (Å²) in [6.45, 7) is 1.95. The van der Waals surface area contributed by atoms with Crippen LogP contribution in [0.25, 0.3) is 11.2 Å². The van der Waals surface area contributed by atoms with E-state index in [0.717, 1.165) is 0 Å². The zero-order chi connectivity index (χ0) is 14.8. The lowest BCUT2D eigenvalue weighted by molar-refractivity contribution is 0.167. The van der Waals surface area contributed by atoms with Gasteiger partial charge in [0, 0.05) is 0 Å². The van der Waals surface area contributed by atoms with Crippen molar-refractivity contribution in [1.29, 1.82) is 0 Å². The number of nitrogens with zero attached hydrogens (tertiary/aromatic N) is 5. The predicted octanol–water partition coefficient (Wildman–Crippen LogP) is -0.0638. The molecule has 0 bridgehead atoms. The summed E-state index contributed by atoms with van der Waals surface area (Å²) in [5.74, 6) is 0.279. The maximum Gasteiger partial charge on any atom is 0.365 e. The number of anilines is 1. The fraction of sp³-hybridized carbons (Fsp3) is 0.333. The van der Waals surface area contributed by atoms with Crippen LogP contribution in [0.1, 0.15) is 6.92 Å². The summed E-state index contributed by atoms with van der Waals surface area (Å²) >= 11 is 0. The third kappa shape index (κ3) is 3.50. The number of imidazole rings is 1. The highest BCUT2D eigenvalue weighted by molar-refractivity contribution is 7.51. The fourth-order valence-corrected chi connectivity index (χ4v) is 1.71. The molecule has 10 nitrogen and oxygen atoms in total. The lowest BCUT2D eigenvalue weighted by Gasteiger charge is -2.05. The fourth-order valence-electron chi connectivity index (χ4n) is 1.50. The van der Waals surface area contributed by atoms with Crippen LogP contribution in [-0.2, 0) is 15.9 Å². The van der Waals surface area contributed by atoms with Crippen molar-refractivity contribution < 1.29 is 19.2 Å². The monoisotopic (exact) mass is 300 g/mol. The lowest BCUT2D eigenvalue weighted by Crippen LogP contribution is -2.07. The van der Waals surface area contributed by atoms with Crippen LogP contribution >= 0.6 is 7.60 Å². The Morgan fingerprint density at radius 1 is 1.50 bits per heavy atom. The van der Waals surface area contributed by atoms with E-state index in [0.29, 0.717) is 23.4 Å². The van der Waals surface area contributed by atoms with E-state index in [2.05, 4.69) is 24.9 Å². The summed E-state index contributed by atoms with van der Waals surface area (Å²) in [7, 11) is -4.22. The standard InChI is InChI=1S/C9H13N6O4P/c1-6(14-19-5-20(16,17)18)2-15-4-13-7-8(10)11-3-12-9(7)15/h3-4H,2,5H2,1H3,(H2,10,11,12)(H2,16,17,18)/b14-6+. The maximum atomic E-state index is 10.6. The molecule has 0 aliphatic heterocycles. The average Bonchev–Trinajstić information content (AvgIpc) is 2.72. The first-order valence-electron chi connectivity index (χ1n) is 5.48. The maximum absolute atomic E-state index is 10.6. The molecule has 0 radical (unpaired) electrons. The number of rotatable bonds is 5. The van der Waals surface area contributed by atoms with E-state index in [-0.39, 0.29) is 5.82 Å². The second-order valence-electron chi connectivity index (χ2n) is 4.05. The van der Waals surface area contributed by atoms with Gasteiger partial charge in [0.25, 0.3) is 0 Å². The van der Waals surface area contributed by atoms with Crippen molar-refractivity contribution in [2.45, 2.75) is 13.5 Å². The van der Waals surface area contributed by atoms with Crippen LogP contribution in [0, 0.1) is 0 Å². The van der Waals surface area contributed by atoms with Crippen molar-refractivity contribution in [3.63, 3.8) is 0 Å². The van der Waals surface area contributed by atoms with Crippen LogP contribution in [-0.4, -0.2) is 41.4 Å². The molecule has 11 heteroatoms. The number of hydrogen-bond donors (Lipinski definition) is 3. The van der Waals surface area contributed by atoms with Crippen molar-refractivity contribution in [1.82, 2.24) is 19.5 Å². The predicted molar refractivity (Wildman–Crippen MR) is 70.8 cm³/mol. The van der Waals surface area contributed by atoms with Gasteiger partial charge < -0.3 is 24.9 Å². The molecule has 0 aliphatic carbocycles. The Balaban J connectivity index is 2.10. The smallest absolute Gasteiger partial charge is 0.365 e. The van der Waals surface area contributed by atoms with Crippen molar-refractivity contribution in [2.75, 3.05) is 12.1 Å². The van der Waals surface area contributed by atoms with Crippen LogP contribution in [0.5, 0.6) is 0 Å². The van der Waals surface area contributed by atoms with Gasteiger partial charge in [-0.1, -0.05) is 5.16 Å². The topological polar surface area (TPSA) is 149 Å². The Labute approximate surface area is 113 Å². The second-order valence-corrected chi connectivity index (χ2v) is 5.64. The summed E-state index contributed by atoms with van der Waals surface area (Å²) in [6, 6.07) is 0. The molecule has 0 amide bonds. The van der Waals surface area contributed by atoms with Crippen LogP contribution in [0.3, 0.4) is 0 Å². The van der Waals surface area contributed by atoms with Gasteiger partial charge in [-0.05, 0) is 6.92 Å². The molecule has 2 heterocycles. The molecule has 0 fully saturated rings. The SMILES string of the molecule is C/C(Cn1cnc2c(N)ncnc21)=N\OCP(=O)(O)O. The molecule has 2 rings (SSSR count). The van der Waals surface area contributed by atoms with Gasteiger partial charge in [0.15, 0.2) is 11.5 Å². The number of nitrogen functional groups attached to an aromatic ring is 1. The first-order chi connectivity index (χ1) is 9.37. The molecule has 2 aromatic heterocycles. The zero-order valence-corrected chi connectivity index (χ0v) is 11.4. The van der Waals surface area contributed by atoms with Gasteiger partial charge in [0.2, 0.25) is 6.35 Å². The minimum Gasteiger partial charge on any atom is -0.383 e. The first kappa shape index (κ1) is 14.4. The Bertz CT molecular complexity index is 693. The highest BCUT2D eigenvalue weighted by Crippen LogP contribution is 2.33. The Hall–Kier alpha value is -2.03. The largest absolute Gasteiger partial charge is 0.383 e. The van der Waals surface area contributed by atoms with Crippen LogP contribution in [0.4, 0.5) is 5.82 Å². The Morgan fingerprint density at radius 2 is 2.25 bits per heavy atom. The van der Waals surface area contributed by atoms with Crippen molar-refractivity contribution >= 4 is 30.3 Å². The third-order valence-corrected chi connectivity index (χ3v) is 2.73. The molecular formula is C9H13N6O4P. The molecule has 0 spiro atoms. The van der Waals surface area contributed by atoms with Gasteiger partial charge in [-0.25, -0.2) is 15.0 Å². The van der Waals surface area contributed by atoms with E-state index in [1.54, 1.807) is 11.5 Å². The van der Waals surface area contributed by atoms with Crippen molar-refractivity contribution in [2.24, 2.45) is 5.16 Å². The normalized spacial score (nSPS) is 12.8. The molecular weight excluding hydrogens is 287 g/mol. The molecule has 2 aromatic rings. The van der Waals surface area contributed by atoms with Crippen molar-refractivity contribution in [3.05, 3.63) is 12.7 Å². The van der Waals surface area contributed by atoms with Crippen LogP contribution < -0.4 is 5.73 Å². The number of aromatic nitrogens is 4. The van der Waals surface area contributed by atoms with Gasteiger partial charge in [0.1, 0.15) is 11.8 Å². The van der Waals surface area contributed by atoms with Gasteiger partial charge in [-0.15, -0.1) is 0 Å². The van der Waals surface area contributed by atoms with Gasteiger partial charge in [-0.2, -0.15) is 0 Å². The van der Waals surface area contributed by atoms with Gasteiger partial charge in [0.05, 0.1) is 18.6 Å². The first-order valence-corrected chi connectivity index (χ1v) is 7.28. The van der Waals surface area contributed by atoms with Crippen LogP contribution in [0.15, 0.2) is 17.8 Å². The molecule has 20 heavy (non-hydrogen) atoms. The van der Waals surface area contributed by atoms with E-state index < -0.39 is 13.9 Å². The quantitative estimate of drug-likeness (QED) is 0.395. The van der Waals surface area contributed by atoms with E-state index in [1.807, 2.05) is 0 Å².